The van der Waals surface area contributed by atoms with Crippen molar-refractivity contribution in [1.29, 1.82) is 0 Å². The lowest BCUT2D eigenvalue weighted by atomic mass is 10.0. The summed E-state index contributed by atoms with van der Waals surface area (Å²) < 4.78 is 43.5. The average molecular weight is 617 g/mol. The number of nitrogens with zero attached hydrogens (tertiary/aromatic N) is 2. The van der Waals surface area contributed by atoms with Crippen molar-refractivity contribution in [3.05, 3.63) is 94.5 Å². The predicted molar refractivity (Wildman–Crippen MR) is 156 cm³/mol. The molecule has 0 aliphatic heterocycles. The van der Waals surface area contributed by atoms with E-state index < -0.39 is 24.1 Å². The molecule has 4 N–H and O–H groups in total. The smallest absolute Gasteiger partial charge is 0.406 e. The van der Waals surface area contributed by atoms with E-state index in [4.69, 9.17) is 11.6 Å². The largest absolute Gasteiger partial charge is 0.573 e. The van der Waals surface area contributed by atoms with Gasteiger partial charge in [0.2, 0.25) is 0 Å². The van der Waals surface area contributed by atoms with E-state index in [0.29, 0.717) is 22.7 Å². The maximum absolute atomic E-state index is 12.5. The number of amides is 3. The zero-order valence-electron chi connectivity index (χ0n) is 22.1. The minimum atomic E-state index is -4.83. The number of H-pyrrole nitrogens is 1. The third-order valence-corrected chi connectivity index (χ3v) is 6.91. The van der Waals surface area contributed by atoms with E-state index in [1.165, 1.54) is 30.3 Å². The van der Waals surface area contributed by atoms with Crippen molar-refractivity contribution >= 4 is 47.5 Å². The molecule has 0 aliphatic carbocycles. The molecule has 4 aromatic rings. The van der Waals surface area contributed by atoms with Crippen LogP contribution >= 0.6 is 23.5 Å². The molecular weight excluding hydrogens is 593 g/mol. The number of halogens is 4. The molecule has 0 atom stereocenters. The van der Waals surface area contributed by atoms with Crippen LogP contribution in [0.5, 0.6) is 5.75 Å². The summed E-state index contributed by atoms with van der Waals surface area (Å²) in [6, 6.07) is 18.7. The Balaban J connectivity index is 1.31. The van der Waals surface area contributed by atoms with Gasteiger partial charge in [0.15, 0.2) is 5.82 Å². The molecule has 1 heterocycles. The molecule has 0 bridgehead atoms. The van der Waals surface area contributed by atoms with Gasteiger partial charge in [-0.1, -0.05) is 67.9 Å². The number of carbonyl (C=O) groups excluding carboxylic acids is 2. The van der Waals surface area contributed by atoms with Crippen LogP contribution in [0.1, 0.15) is 41.3 Å². The molecule has 0 radical (unpaired) electrons. The number of benzene rings is 3. The number of aromatic amines is 1. The topological polar surface area (TPSA) is 121 Å². The highest BCUT2D eigenvalue weighted by Crippen LogP contribution is 2.32. The van der Waals surface area contributed by atoms with Gasteiger partial charge in [-0.2, -0.15) is 10.2 Å². The van der Waals surface area contributed by atoms with Crippen molar-refractivity contribution in [2.75, 3.05) is 5.32 Å². The molecule has 0 unspecified atom stereocenters. The zero-order chi connectivity index (χ0) is 30.3. The fraction of sp³-hybridized carbons (Fsp3) is 0.143. The quantitative estimate of drug-likeness (QED) is 0.0890. The second-order valence-electron chi connectivity index (χ2n) is 9.01. The Morgan fingerprint density at radius 2 is 1.74 bits per heavy atom. The highest BCUT2D eigenvalue weighted by Gasteiger charge is 2.31. The zero-order valence-corrected chi connectivity index (χ0v) is 23.7. The van der Waals surface area contributed by atoms with E-state index in [9.17, 15) is 22.8 Å². The molecule has 3 aromatic carbocycles. The molecule has 218 valence electrons. The molecule has 1 aromatic heterocycles. The van der Waals surface area contributed by atoms with Crippen LogP contribution in [0.15, 0.2) is 82.8 Å². The maximum atomic E-state index is 12.5. The molecule has 0 aliphatic rings. The minimum absolute atomic E-state index is 0.0435. The highest BCUT2D eigenvalue weighted by atomic mass is 35.5. The van der Waals surface area contributed by atoms with Crippen LogP contribution in [0.25, 0.3) is 11.3 Å². The van der Waals surface area contributed by atoms with E-state index in [1.54, 1.807) is 24.3 Å². The number of carbonyl (C=O) groups is 2. The number of ether oxygens (including phenoxy) is 1. The normalized spacial score (nSPS) is 11.5. The number of hydrogen-bond acceptors (Lipinski definition) is 6. The number of alkyl halides is 3. The standard InChI is InChI=1S/C28H24ClF3N6O3S/c1-16(2)21-5-3-4-6-22(21)42-38-27(40)37-33-15-17-7-9-18(10-8-17)24-23(29)25(36-35-24)34-26(39)19-11-13-20(14-12-19)41-28(30,31)32/h3-16H,1-2H3,(H2,37,38,40)(H2,34,35,36,39)/b33-15+. The Hall–Kier alpha value is -4.49. The predicted octanol–water partition coefficient (Wildman–Crippen LogP) is 7.34. The summed E-state index contributed by atoms with van der Waals surface area (Å²) >= 11 is 7.62. The number of anilines is 1. The van der Waals surface area contributed by atoms with Crippen LogP contribution < -0.4 is 20.2 Å². The first kappa shape index (κ1) is 30.5. The van der Waals surface area contributed by atoms with Gasteiger partial charge in [-0.25, -0.2) is 10.2 Å². The lowest BCUT2D eigenvalue weighted by molar-refractivity contribution is -0.274. The van der Waals surface area contributed by atoms with Crippen molar-refractivity contribution in [2.45, 2.75) is 31.0 Å². The van der Waals surface area contributed by atoms with E-state index in [-0.39, 0.29) is 16.4 Å². The van der Waals surface area contributed by atoms with Crippen LogP contribution in [0.2, 0.25) is 5.02 Å². The summed E-state index contributed by atoms with van der Waals surface area (Å²) in [6.07, 6.45) is -3.36. The summed E-state index contributed by atoms with van der Waals surface area (Å²) in [4.78, 5) is 25.6. The summed E-state index contributed by atoms with van der Waals surface area (Å²) in [5, 5.41) is 13.4. The molecular formula is C28H24ClF3N6O3S. The van der Waals surface area contributed by atoms with Gasteiger partial charge >= 0.3 is 12.4 Å². The maximum Gasteiger partial charge on any atom is 0.573 e. The SMILES string of the molecule is CC(C)c1ccccc1SNC(=O)N/N=C/c1ccc(-c2[nH]nc(NC(=O)c3ccc(OC(F)(F)F)cc3)c2Cl)cc1. The van der Waals surface area contributed by atoms with Gasteiger partial charge in [0.1, 0.15) is 10.8 Å². The van der Waals surface area contributed by atoms with Crippen LogP contribution in [0.3, 0.4) is 0 Å². The molecule has 9 nitrogen and oxygen atoms in total. The third-order valence-electron chi connectivity index (χ3n) is 5.66. The highest BCUT2D eigenvalue weighted by molar-refractivity contribution is 7.98. The van der Waals surface area contributed by atoms with Gasteiger partial charge < -0.3 is 10.1 Å². The first-order valence-electron chi connectivity index (χ1n) is 12.4. The average Bonchev–Trinajstić information content (AvgIpc) is 3.31. The Morgan fingerprint density at radius 3 is 2.40 bits per heavy atom. The third kappa shape index (κ3) is 8.27. The van der Waals surface area contributed by atoms with E-state index in [1.807, 2.05) is 24.3 Å². The Bertz CT molecular complexity index is 1580. The van der Waals surface area contributed by atoms with Crippen molar-refractivity contribution in [3.8, 4) is 17.0 Å². The Kier molecular flexibility index (Phi) is 9.76. The molecule has 42 heavy (non-hydrogen) atoms. The number of hydrazone groups is 1. The van der Waals surface area contributed by atoms with Gasteiger partial charge in [-0.15, -0.1) is 13.2 Å². The van der Waals surface area contributed by atoms with Crippen molar-refractivity contribution < 1.29 is 27.5 Å². The molecule has 4 rings (SSSR count). The van der Waals surface area contributed by atoms with Crippen LogP contribution in [-0.4, -0.2) is 34.7 Å². The lowest BCUT2D eigenvalue weighted by Gasteiger charge is -2.11. The van der Waals surface area contributed by atoms with Gasteiger partial charge in [-0.3, -0.25) is 14.6 Å². The van der Waals surface area contributed by atoms with Gasteiger partial charge in [0.25, 0.3) is 5.91 Å². The lowest BCUT2D eigenvalue weighted by Crippen LogP contribution is -2.27. The van der Waals surface area contributed by atoms with Crippen molar-refractivity contribution in [2.24, 2.45) is 5.10 Å². The molecule has 0 fully saturated rings. The number of hydrogen-bond donors (Lipinski definition) is 4. The van der Waals surface area contributed by atoms with Crippen molar-refractivity contribution in [1.82, 2.24) is 20.3 Å². The molecule has 3 amide bonds. The van der Waals surface area contributed by atoms with E-state index >= 15 is 0 Å². The van der Waals surface area contributed by atoms with Crippen molar-refractivity contribution in [3.63, 3.8) is 0 Å². The van der Waals surface area contributed by atoms with E-state index in [2.05, 4.69) is 49.3 Å². The molecule has 0 saturated heterocycles. The molecule has 14 heteroatoms. The number of aromatic nitrogens is 2. The number of urea groups is 1. The number of rotatable bonds is 9. The van der Waals surface area contributed by atoms with E-state index in [0.717, 1.165) is 22.6 Å². The Labute approximate surface area is 248 Å². The minimum Gasteiger partial charge on any atom is -0.406 e. The summed E-state index contributed by atoms with van der Waals surface area (Å²) in [7, 11) is 0. The van der Waals surface area contributed by atoms with Crippen LogP contribution in [0.4, 0.5) is 23.8 Å². The fourth-order valence-electron chi connectivity index (χ4n) is 3.67. The molecule has 0 saturated carbocycles. The monoisotopic (exact) mass is 616 g/mol. The second-order valence-corrected chi connectivity index (χ2v) is 10.2. The van der Waals surface area contributed by atoms with Crippen LogP contribution in [0, 0.1) is 0 Å². The first-order valence-corrected chi connectivity index (χ1v) is 13.6. The summed E-state index contributed by atoms with van der Waals surface area (Å²) in [6.45, 7) is 4.16. The van der Waals surface area contributed by atoms with Gasteiger partial charge in [0, 0.05) is 16.0 Å². The van der Waals surface area contributed by atoms with Gasteiger partial charge in [-0.05, 0) is 59.3 Å². The summed E-state index contributed by atoms with van der Waals surface area (Å²) in [5.74, 6) is -0.715. The first-order chi connectivity index (χ1) is 20.0. The van der Waals surface area contributed by atoms with Gasteiger partial charge in [0.05, 0.1) is 11.9 Å². The Morgan fingerprint density at radius 1 is 1.05 bits per heavy atom. The fourth-order valence-corrected chi connectivity index (χ4v) is 4.72. The van der Waals surface area contributed by atoms with Crippen LogP contribution in [-0.2, 0) is 0 Å². The summed E-state index contributed by atoms with van der Waals surface area (Å²) in [5.41, 5.74) is 5.41. The second kappa shape index (κ2) is 13.4. The molecule has 0 spiro atoms. The number of nitrogens with one attached hydrogen (secondary N) is 4.